The molecule has 3 heterocycles. The number of para-hydroxylation sites is 1. The minimum absolute atomic E-state index is 0.0910. The smallest absolute Gasteiger partial charge is 0.206 e. The summed E-state index contributed by atoms with van der Waals surface area (Å²) in [5.41, 5.74) is 4.67. The van der Waals surface area contributed by atoms with E-state index in [1.54, 1.807) is 0 Å². The molecule has 0 amide bonds. The van der Waals surface area contributed by atoms with Crippen molar-refractivity contribution in [1.82, 2.24) is 15.2 Å². The molecule has 0 bridgehead atoms. The van der Waals surface area contributed by atoms with E-state index in [1.807, 2.05) is 11.3 Å². The molecule has 1 aliphatic rings. The Balaban J connectivity index is 1.44. The van der Waals surface area contributed by atoms with Gasteiger partial charge in [-0.3, -0.25) is 9.88 Å². The van der Waals surface area contributed by atoms with Gasteiger partial charge in [0.1, 0.15) is 12.3 Å². The normalized spacial score (nSPS) is 17.7. The van der Waals surface area contributed by atoms with E-state index in [0.717, 1.165) is 17.0 Å². The van der Waals surface area contributed by atoms with E-state index in [4.69, 9.17) is 4.99 Å². The molecule has 2 aromatic heterocycles. The van der Waals surface area contributed by atoms with Crippen LogP contribution in [0.25, 0.3) is 42.0 Å². The Morgan fingerprint density at radius 1 is 0.605 bits per heavy atom. The Bertz CT molecular complexity index is 1990. The highest BCUT2D eigenvalue weighted by atomic mass is 32.1. The van der Waals surface area contributed by atoms with Gasteiger partial charge in [-0.25, -0.2) is 4.99 Å². The first-order valence-electron chi connectivity index (χ1n) is 12.9. The van der Waals surface area contributed by atoms with Crippen molar-refractivity contribution in [2.75, 3.05) is 0 Å². The van der Waals surface area contributed by atoms with E-state index in [1.165, 1.54) is 42.0 Å². The first kappa shape index (κ1) is 21.6. The number of nitrogens with zero attached hydrogens (tertiary/aromatic N) is 2. The Kier molecular flexibility index (Phi) is 4.87. The summed E-state index contributed by atoms with van der Waals surface area (Å²) < 4.78 is 4.93. The predicted molar refractivity (Wildman–Crippen MR) is 160 cm³/mol. The summed E-state index contributed by atoms with van der Waals surface area (Å²) in [6, 6.07) is 43.0. The first-order chi connectivity index (χ1) is 18.8. The topological polar surface area (TPSA) is 41.4 Å². The fourth-order valence-electron chi connectivity index (χ4n) is 5.73. The number of nitrogens with one attached hydrogen (secondary N) is 2. The van der Waals surface area contributed by atoms with Crippen molar-refractivity contribution in [2.24, 2.45) is 4.99 Å². The summed E-state index contributed by atoms with van der Waals surface area (Å²) in [5, 5.41) is 12.6. The zero-order valence-electron chi connectivity index (χ0n) is 20.5. The molecular weight excluding hydrogens is 484 g/mol. The first-order valence-corrected chi connectivity index (χ1v) is 13.7. The van der Waals surface area contributed by atoms with Gasteiger partial charge in [0.25, 0.3) is 0 Å². The van der Waals surface area contributed by atoms with Crippen LogP contribution in [-0.4, -0.2) is 10.5 Å². The standard InChI is InChI=1S/C33H24N4S/c1-3-11-21(12-4-1)31-34-32(22-13-5-2-6-14-22)36-33(35-31)37-27-17-9-7-15-23(27)25-19-20-26-24-16-8-10-18-28(24)38-30(26)29(25)37/h1-20,31-32,34H,(H,35,36). The highest BCUT2D eigenvalue weighted by Gasteiger charge is 2.28. The molecule has 0 spiro atoms. The van der Waals surface area contributed by atoms with Crippen LogP contribution >= 0.6 is 11.3 Å². The van der Waals surface area contributed by atoms with Gasteiger partial charge in [-0.15, -0.1) is 11.3 Å². The molecule has 2 unspecified atom stereocenters. The van der Waals surface area contributed by atoms with Gasteiger partial charge in [0.15, 0.2) is 0 Å². The number of rotatable bonds is 2. The fraction of sp³-hybridized carbons (Fsp3) is 0.0606. The molecule has 5 heteroatoms. The largest absolute Gasteiger partial charge is 0.336 e. The number of thiophene rings is 1. The Labute approximate surface area is 223 Å². The fourth-order valence-corrected chi connectivity index (χ4v) is 6.97. The molecule has 0 saturated heterocycles. The van der Waals surface area contributed by atoms with Crippen LogP contribution in [0.5, 0.6) is 0 Å². The lowest BCUT2D eigenvalue weighted by atomic mass is 10.1. The van der Waals surface area contributed by atoms with Crippen LogP contribution in [0, 0.1) is 0 Å². The van der Waals surface area contributed by atoms with Crippen LogP contribution in [0.15, 0.2) is 126 Å². The molecule has 0 radical (unpaired) electrons. The van der Waals surface area contributed by atoms with Crippen LogP contribution in [0.1, 0.15) is 23.5 Å². The van der Waals surface area contributed by atoms with Gasteiger partial charge in [0.2, 0.25) is 5.96 Å². The number of fused-ring (bicyclic) bond motifs is 7. The van der Waals surface area contributed by atoms with Crippen LogP contribution in [0.3, 0.4) is 0 Å². The van der Waals surface area contributed by atoms with Gasteiger partial charge >= 0.3 is 0 Å². The summed E-state index contributed by atoms with van der Waals surface area (Å²) in [6.45, 7) is 0. The third kappa shape index (κ3) is 3.29. The lowest BCUT2D eigenvalue weighted by molar-refractivity contribution is 0.403. The van der Waals surface area contributed by atoms with E-state index in [9.17, 15) is 0 Å². The van der Waals surface area contributed by atoms with Gasteiger partial charge in [0, 0.05) is 26.2 Å². The maximum Gasteiger partial charge on any atom is 0.206 e. The lowest BCUT2D eigenvalue weighted by Gasteiger charge is -2.32. The second-order valence-electron chi connectivity index (χ2n) is 9.71. The van der Waals surface area contributed by atoms with Gasteiger partial charge in [-0.05, 0) is 23.3 Å². The average Bonchev–Trinajstić information content (AvgIpc) is 3.54. The highest BCUT2D eigenvalue weighted by Crippen LogP contribution is 2.42. The van der Waals surface area contributed by atoms with Gasteiger partial charge < -0.3 is 5.32 Å². The molecule has 182 valence electrons. The van der Waals surface area contributed by atoms with Gasteiger partial charge in [-0.2, -0.15) is 0 Å². The summed E-state index contributed by atoms with van der Waals surface area (Å²) in [5.74, 6) is 0.850. The highest BCUT2D eigenvalue weighted by molar-refractivity contribution is 7.26. The molecule has 2 atom stereocenters. The quantitative estimate of drug-likeness (QED) is 0.249. The van der Waals surface area contributed by atoms with E-state index >= 15 is 0 Å². The van der Waals surface area contributed by atoms with Crippen LogP contribution in [-0.2, 0) is 0 Å². The van der Waals surface area contributed by atoms with Crippen LogP contribution in [0.2, 0.25) is 0 Å². The molecule has 5 aromatic carbocycles. The van der Waals surface area contributed by atoms with Crippen molar-refractivity contribution in [3.05, 3.63) is 132 Å². The number of benzene rings is 5. The van der Waals surface area contributed by atoms with Crippen molar-refractivity contribution in [1.29, 1.82) is 0 Å². The van der Waals surface area contributed by atoms with E-state index < -0.39 is 0 Å². The molecule has 0 fully saturated rings. The summed E-state index contributed by atoms with van der Waals surface area (Å²) in [6.07, 6.45) is -0.276. The van der Waals surface area contributed by atoms with Crippen LogP contribution < -0.4 is 10.6 Å². The molecule has 0 saturated carbocycles. The molecule has 1 aliphatic heterocycles. The van der Waals surface area contributed by atoms with Gasteiger partial charge in [-0.1, -0.05) is 109 Å². The molecule has 38 heavy (non-hydrogen) atoms. The van der Waals surface area contributed by atoms with Gasteiger partial charge in [0.05, 0.1) is 15.7 Å². The summed E-state index contributed by atoms with van der Waals surface area (Å²) in [7, 11) is 0. The molecule has 7 aromatic rings. The minimum atomic E-state index is -0.185. The minimum Gasteiger partial charge on any atom is -0.336 e. The number of aliphatic imine (C=N–C) groups is 1. The lowest BCUT2D eigenvalue weighted by Crippen LogP contribution is -2.47. The number of aromatic nitrogens is 1. The molecule has 0 aliphatic carbocycles. The van der Waals surface area contributed by atoms with E-state index in [2.05, 4.69) is 137 Å². The number of hydrogen-bond acceptors (Lipinski definition) is 4. The third-order valence-corrected chi connectivity index (χ3v) is 8.68. The molecular formula is C33H24N4S. The Morgan fingerprint density at radius 2 is 1.26 bits per heavy atom. The third-order valence-electron chi connectivity index (χ3n) is 7.49. The maximum atomic E-state index is 5.29. The maximum absolute atomic E-state index is 5.29. The predicted octanol–water partition coefficient (Wildman–Crippen LogP) is 7.96. The van der Waals surface area contributed by atoms with E-state index in [-0.39, 0.29) is 12.3 Å². The van der Waals surface area contributed by atoms with Crippen molar-refractivity contribution in [3.8, 4) is 0 Å². The Morgan fingerprint density at radius 3 is 2.08 bits per heavy atom. The van der Waals surface area contributed by atoms with E-state index in [0.29, 0.717) is 0 Å². The van der Waals surface area contributed by atoms with Crippen molar-refractivity contribution in [3.63, 3.8) is 0 Å². The SMILES string of the molecule is c1ccc(C2N=C(n3c4ccccc4c4ccc5c6ccccc6sc5c43)NC(c3ccccc3)N2)cc1. The monoisotopic (exact) mass is 508 g/mol. The Hall–Kier alpha value is -4.45. The molecule has 2 N–H and O–H groups in total. The summed E-state index contributed by atoms with van der Waals surface area (Å²) in [4.78, 5) is 5.29. The van der Waals surface area contributed by atoms with Crippen molar-refractivity contribution in [2.45, 2.75) is 12.3 Å². The second kappa shape index (κ2) is 8.55. The van der Waals surface area contributed by atoms with Crippen molar-refractivity contribution < 1.29 is 0 Å². The van der Waals surface area contributed by atoms with Crippen molar-refractivity contribution >= 4 is 59.3 Å². The molecule has 4 nitrogen and oxygen atoms in total. The van der Waals surface area contributed by atoms with Crippen LogP contribution in [0.4, 0.5) is 0 Å². The second-order valence-corrected chi connectivity index (χ2v) is 10.8. The molecule has 8 rings (SSSR count). The zero-order valence-corrected chi connectivity index (χ0v) is 21.3. The summed E-state index contributed by atoms with van der Waals surface area (Å²) >= 11 is 1.86. The zero-order chi connectivity index (χ0) is 25.1. The average molecular weight is 509 g/mol. The number of hydrogen-bond donors (Lipinski definition) is 2.